The number of carbonyl (C=O) groups is 1. The third-order valence-electron chi connectivity index (χ3n) is 5.57. The Morgan fingerprint density at radius 1 is 1.04 bits per heavy atom. The summed E-state index contributed by atoms with van der Waals surface area (Å²) >= 11 is 0. The average Bonchev–Trinajstić information content (AvgIpc) is 2.91. The van der Waals surface area contributed by atoms with Gasteiger partial charge >= 0.3 is 5.63 Å². The van der Waals surface area contributed by atoms with E-state index in [1.54, 1.807) is 0 Å². The van der Waals surface area contributed by atoms with E-state index < -0.39 is 0 Å². The first-order valence-electron chi connectivity index (χ1n) is 9.49. The second-order valence-electron chi connectivity index (χ2n) is 7.41. The van der Waals surface area contributed by atoms with Gasteiger partial charge in [0.1, 0.15) is 16.9 Å². The molecule has 1 aromatic carbocycles. The number of fused-ring (bicyclic) bond motifs is 2. The minimum Gasteiger partial charge on any atom is -0.461 e. The maximum Gasteiger partial charge on any atom is 0.339 e. The lowest BCUT2D eigenvalue weighted by Crippen LogP contribution is -2.32. The van der Waals surface area contributed by atoms with E-state index in [1.165, 1.54) is 0 Å². The molecule has 0 saturated carbocycles. The van der Waals surface area contributed by atoms with Crippen LogP contribution >= 0.6 is 0 Å². The van der Waals surface area contributed by atoms with Gasteiger partial charge in [-0.05, 0) is 64.7 Å². The van der Waals surface area contributed by atoms with Gasteiger partial charge in [0.25, 0.3) is 0 Å². The van der Waals surface area contributed by atoms with Crippen LogP contribution in [0.15, 0.2) is 19.7 Å². The van der Waals surface area contributed by atoms with Gasteiger partial charge in [-0.15, -0.1) is 0 Å². The second kappa shape index (κ2) is 7.22. The molecule has 0 aliphatic carbocycles. The number of furan rings is 1. The van der Waals surface area contributed by atoms with Crippen LogP contribution in [0.25, 0.3) is 21.9 Å². The van der Waals surface area contributed by atoms with E-state index in [0.717, 1.165) is 45.2 Å². The molecule has 1 N–H and O–H groups in total. The molecule has 3 rings (SSSR count). The molecule has 0 bridgehead atoms. The van der Waals surface area contributed by atoms with E-state index in [-0.39, 0.29) is 24.0 Å². The minimum absolute atomic E-state index is 0.0452. The normalized spacial score (nSPS) is 12.7. The third-order valence-corrected chi connectivity index (χ3v) is 5.57. The van der Waals surface area contributed by atoms with Crippen molar-refractivity contribution >= 4 is 27.8 Å². The standard InChI is InChI=1S/C22H27NO4/c1-7-11(2)23-19(24)9-8-16-13(4)18-10-17-12(3)15(6)26-20(17)14(5)21(18)27-22(16)25/h10-11H,7-9H2,1-6H3,(H,23,24). The van der Waals surface area contributed by atoms with E-state index in [0.29, 0.717) is 17.6 Å². The molecule has 0 radical (unpaired) electrons. The first-order chi connectivity index (χ1) is 12.7. The van der Waals surface area contributed by atoms with E-state index in [1.807, 2.05) is 47.6 Å². The Kier molecular flexibility index (Phi) is 5.13. The molecular weight excluding hydrogens is 342 g/mol. The van der Waals surface area contributed by atoms with Crippen LogP contribution in [0.5, 0.6) is 0 Å². The molecule has 1 unspecified atom stereocenters. The molecule has 0 fully saturated rings. The third kappa shape index (κ3) is 3.38. The smallest absolute Gasteiger partial charge is 0.339 e. The molecule has 2 heterocycles. The van der Waals surface area contributed by atoms with Crippen molar-refractivity contribution in [1.82, 2.24) is 5.32 Å². The molecule has 3 aromatic rings. The molecule has 2 aromatic heterocycles. The van der Waals surface area contributed by atoms with Gasteiger partial charge in [0.2, 0.25) is 5.91 Å². The summed E-state index contributed by atoms with van der Waals surface area (Å²) in [4.78, 5) is 24.7. The summed E-state index contributed by atoms with van der Waals surface area (Å²) < 4.78 is 11.5. The Labute approximate surface area is 158 Å². The number of benzene rings is 1. The summed E-state index contributed by atoms with van der Waals surface area (Å²) in [6.07, 6.45) is 1.51. The summed E-state index contributed by atoms with van der Waals surface area (Å²) in [6.45, 7) is 11.8. The Morgan fingerprint density at radius 3 is 2.33 bits per heavy atom. The summed E-state index contributed by atoms with van der Waals surface area (Å²) in [5.41, 5.74) is 4.32. The number of hydrogen-bond acceptors (Lipinski definition) is 4. The fourth-order valence-electron chi connectivity index (χ4n) is 3.47. The van der Waals surface area contributed by atoms with Crippen LogP contribution < -0.4 is 10.9 Å². The van der Waals surface area contributed by atoms with Gasteiger partial charge in [0.05, 0.1) is 0 Å². The molecule has 1 atom stereocenters. The van der Waals surface area contributed by atoms with Crippen molar-refractivity contribution in [2.75, 3.05) is 0 Å². The SMILES string of the molecule is CCC(C)NC(=O)CCc1c(C)c2cc3c(C)c(C)oc3c(C)c2oc1=O. The molecule has 144 valence electrons. The highest BCUT2D eigenvalue weighted by Crippen LogP contribution is 2.34. The van der Waals surface area contributed by atoms with Gasteiger partial charge in [-0.3, -0.25) is 4.79 Å². The van der Waals surface area contributed by atoms with Gasteiger partial charge in [-0.1, -0.05) is 6.92 Å². The fraction of sp³-hybridized carbons (Fsp3) is 0.455. The lowest BCUT2D eigenvalue weighted by molar-refractivity contribution is -0.121. The Balaban J connectivity index is 2.05. The van der Waals surface area contributed by atoms with Crippen molar-refractivity contribution in [1.29, 1.82) is 0 Å². The number of nitrogens with one attached hydrogen (secondary N) is 1. The Morgan fingerprint density at radius 2 is 1.67 bits per heavy atom. The van der Waals surface area contributed by atoms with Crippen molar-refractivity contribution < 1.29 is 13.6 Å². The van der Waals surface area contributed by atoms with Crippen molar-refractivity contribution in [2.24, 2.45) is 0 Å². The monoisotopic (exact) mass is 369 g/mol. The molecule has 0 saturated heterocycles. The van der Waals surface area contributed by atoms with Crippen LogP contribution in [0.3, 0.4) is 0 Å². The van der Waals surface area contributed by atoms with Crippen LogP contribution in [-0.2, 0) is 11.2 Å². The van der Waals surface area contributed by atoms with Crippen molar-refractivity contribution in [3.63, 3.8) is 0 Å². The summed E-state index contributed by atoms with van der Waals surface area (Å²) in [5, 5.41) is 4.88. The topological polar surface area (TPSA) is 72.5 Å². The van der Waals surface area contributed by atoms with Crippen molar-refractivity contribution in [3.05, 3.63) is 44.5 Å². The van der Waals surface area contributed by atoms with Crippen LogP contribution in [0.1, 0.15) is 54.7 Å². The van der Waals surface area contributed by atoms with Crippen LogP contribution in [0.2, 0.25) is 0 Å². The maximum absolute atomic E-state index is 12.6. The Bertz CT molecular complexity index is 1090. The highest BCUT2D eigenvalue weighted by molar-refractivity contribution is 6.00. The Hall–Kier alpha value is -2.56. The largest absolute Gasteiger partial charge is 0.461 e. The molecule has 0 aliphatic heterocycles. The highest BCUT2D eigenvalue weighted by Gasteiger charge is 2.19. The van der Waals surface area contributed by atoms with E-state index in [9.17, 15) is 9.59 Å². The van der Waals surface area contributed by atoms with Crippen molar-refractivity contribution in [2.45, 2.75) is 66.8 Å². The molecule has 0 aliphatic rings. The first-order valence-corrected chi connectivity index (χ1v) is 9.49. The van der Waals surface area contributed by atoms with E-state index in [2.05, 4.69) is 5.32 Å². The predicted molar refractivity (Wildman–Crippen MR) is 107 cm³/mol. The van der Waals surface area contributed by atoms with Crippen LogP contribution in [0, 0.1) is 27.7 Å². The second-order valence-corrected chi connectivity index (χ2v) is 7.41. The average molecular weight is 369 g/mol. The van der Waals surface area contributed by atoms with Crippen LogP contribution in [-0.4, -0.2) is 11.9 Å². The molecule has 27 heavy (non-hydrogen) atoms. The number of hydrogen-bond donors (Lipinski definition) is 1. The summed E-state index contributed by atoms with van der Waals surface area (Å²) in [7, 11) is 0. The zero-order valence-corrected chi connectivity index (χ0v) is 16.9. The zero-order valence-electron chi connectivity index (χ0n) is 16.9. The zero-order chi connectivity index (χ0) is 19.9. The number of carbonyl (C=O) groups excluding carboxylic acids is 1. The van der Waals surface area contributed by atoms with Crippen LogP contribution in [0.4, 0.5) is 0 Å². The van der Waals surface area contributed by atoms with Gasteiger partial charge in [0, 0.05) is 34.4 Å². The first kappa shape index (κ1) is 19.2. The van der Waals surface area contributed by atoms with E-state index in [4.69, 9.17) is 8.83 Å². The number of amides is 1. The highest BCUT2D eigenvalue weighted by atomic mass is 16.4. The quantitative estimate of drug-likeness (QED) is 0.666. The lowest BCUT2D eigenvalue weighted by Gasteiger charge is -2.12. The minimum atomic E-state index is -0.376. The van der Waals surface area contributed by atoms with Crippen molar-refractivity contribution in [3.8, 4) is 0 Å². The molecule has 5 nitrogen and oxygen atoms in total. The summed E-state index contributed by atoms with van der Waals surface area (Å²) in [5.74, 6) is 0.821. The maximum atomic E-state index is 12.6. The summed E-state index contributed by atoms with van der Waals surface area (Å²) in [6, 6.07) is 2.17. The predicted octanol–water partition coefficient (Wildman–Crippen LogP) is 4.62. The number of aryl methyl sites for hydroxylation is 4. The van der Waals surface area contributed by atoms with E-state index >= 15 is 0 Å². The fourth-order valence-corrected chi connectivity index (χ4v) is 3.47. The molecular formula is C22H27NO4. The lowest BCUT2D eigenvalue weighted by atomic mass is 9.98. The molecule has 1 amide bonds. The van der Waals surface area contributed by atoms with Gasteiger partial charge in [-0.2, -0.15) is 0 Å². The molecule has 0 spiro atoms. The van der Waals surface area contributed by atoms with Gasteiger partial charge in [0.15, 0.2) is 0 Å². The van der Waals surface area contributed by atoms with Gasteiger partial charge in [-0.25, -0.2) is 4.79 Å². The molecule has 5 heteroatoms. The number of rotatable bonds is 5. The van der Waals surface area contributed by atoms with Gasteiger partial charge < -0.3 is 14.2 Å².